The lowest BCUT2D eigenvalue weighted by Crippen LogP contribution is -2.30. The molecule has 2 saturated carbocycles. The molecule has 4 unspecified atom stereocenters. The molecule has 176 valence electrons. The molecule has 2 fully saturated rings. The maximum Gasteiger partial charge on any atom is 0.387 e. The molecule has 2 aromatic rings. The van der Waals surface area contributed by atoms with Crippen molar-refractivity contribution in [1.29, 1.82) is 0 Å². The smallest absolute Gasteiger partial charge is 0.387 e. The Hall–Kier alpha value is -1.78. The van der Waals surface area contributed by atoms with Crippen LogP contribution in [0.2, 0.25) is 0 Å². The van der Waals surface area contributed by atoms with E-state index < -0.39 is 24.0 Å². The maximum absolute atomic E-state index is 14.9. The zero-order valence-corrected chi connectivity index (χ0v) is 18.9. The number of hydrogen-bond acceptors (Lipinski definition) is 1. The Kier molecular flexibility index (Phi) is 7.63. The first kappa shape index (κ1) is 23.4. The van der Waals surface area contributed by atoms with Gasteiger partial charge in [0, 0.05) is 0 Å². The molecule has 0 N–H and O–H groups in total. The predicted octanol–water partition coefficient (Wildman–Crippen LogP) is 8.99. The van der Waals surface area contributed by atoms with E-state index in [1.165, 1.54) is 69.9 Å². The van der Waals surface area contributed by atoms with Crippen molar-refractivity contribution < 1.29 is 22.3 Å². The van der Waals surface area contributed by atoms with Gasteiger partial charge in [0.2, 0.25) is 0 Å². The van der Waals surface area contributed by atoms with Crippen LogP contribution in [0.1, 0.15) is 89.0 Å². The highest BCUT2D eigenvalue weighted by Crippen LogP contribution is 2.49. The SMILES string of the molecule is CCCCCCC1CCC2CC(c3cc(F)c4c(F)c(OC(F)F)ccc4c3)CCC2C1. The minimum atomic E-state index is -3.15. The molecular weight excluding hydrogens is 416 g/mol. The fourth-order valence-electron chi connectivity index (χ4n) is 6.21. The van der Waals surface area contributed by atoms with Crippen LogP contribution >= 0.6 is 0 Å². The second kappa shape index (κ2) is 10.4. The number of rotatable bonds is 8. The summed E-state index contributed by atoms with van der Waals surface area (Å²) in [5, 5.41) is 0.126. The topological polar surface area (TPSA) is 9.23 Å². The number of fused-ring (bicyclic) bond motifs is 2. The summed E-state index contributed by atoms with van der Waals surface area (Å²) in [6, 6.07) is 5.86. The number of halogens is 4. The van der Waals surface area contributed by atoms with Crippen LogP contribution in [0.15, 0.2) is 24.3 Å². The van der Waals surface area contributed by atoms with Crippen LogP contribution in [-0.2, 0) is 0 Å². The molecule has 0 heterocycles. The van der Waals surface area contributed by atoms with Crippen molar-refractivity contribution in [3.05, 3.63) is 41.5 Å². The molecule has 4 atom stereocenters. The minimum absolute atomic E-state index is 0.274. The van der Waals surface area contributed by atoms with E-state index in [1.54, 1.807) is 0 Å². The molecule has 4 rings (SSSR count). The third-order valence-corrected chi connectivity index (χ3v) is 7.87. The zero-order valence-electron chi connectivity index (χ0n) is 18.9. The molecule has 32 heavy (non-hydrogen) atoms. The molecule has 2 aromatic carbocycles. The molecule has 0 bridgehead atoms. The van der Waals surface area contributed by atoms with E-state index in [0.717, 1.165) is 36.3 Å². The van der Waals surface area contributed by atoms with Gasteiger partial charge in [-0.1, -0.05) is 57.6 Å². The lowest BCUT2D eigenvalue weighted by atomic mass is 9.63. The molecule has 2 aliphatic rings. The standard InChI is InChI=1S/C27H34F4O/c1-2-3-4-5-6-17-7-8-19-14-20(10-9-18(19)13-17)22-15-21-11-12-24(32-27(30)31)26(29)25(21)23(28)16-22/h11-12,15-20,27H,2-10,13-14H2,1H3. The van der Waals surface area contributed by atoms with E-state index in [9.17, 15) is 17.6 Å². The van der Waals surface area contributed by atoms with Crippen molar-refractivity contribution in [2.45, 2.75) is 90.1 Å². The molecule has 0 aromatic heterocycles. The van der Waals surface area contributed by atoms with Crippen molar-refractivity contribution in [1.82, 2.24) is 0 Å². The van der Waals surface area contributed by atoms with Gasteiger partial charge in [0.25, 0.3) is 0 Å². The molecule has 5 heteroatoms. The maximum atomic E-state index is 14.9. The van der Waals surface area contributed by atoms with E-state index in [-0.39, 0.29) is 11.3 Å². The Morgan fingerprint density at radius 2 is 1.72 bits per heavy atom. The zero-order chi connectivity index (χ0) is 22.7. The van der Waals surface area contributed by atoms with Crippen LogP contribution in [0.25, 0.3) is 10.8 Å². The first-order chi connectivity index (χ1) is 15.5. The van der Waals surface area contributed by atoms with Crippen LogP contribution < -0.4 is 4.74 Å². The first-order valence-electron chi connectivity index (χ1n) is 12.3. The fourth-order valence-corrected chi connectivity index (χ4v) is 6.21. The largest absolute Gasteiger partial charge is 0.432 e. The van der Waals surface area contributed by atoms with E-state index in [4.69, 9.17) is 0 Å². The highest BCUT2D eigenvalue weighted by Gasteiger charge is 2.36. The summed E-state index contributed by atoms with van der Waals surface area (Å²) in [4.78, 5) is 0. The highest BCUT2D eigenvalue weighted by molar-refractivity contribution is 5.86. The Morgan fingerprint density at radius 1 is 0.938 bits per heavy atom. The monoisotopic (exact) mass is 450 g/mol. The van der Waals surface area contributed by atoms with Crippen molar-refractivity contribution >= 4 is 10.8 Å². The Morgan fingerprint density at radius 3 is 2.50 bits per heavy atom. The first-order valence-corrected chi connectivity index (χ1v) is 12.3. The molecular formula is C27H34F4O. The van der Waals surface area contributed by atoms with Gasteiger partial charge in [-0.3, -0.25) is 0 Å². The summed E-state index contributed by atoms with van der Waals surface area (Å²) >= 11 is 0. The van der Waals surface area contributed by atoms with Crippen molar-refractivity contribution in [3.8, 4) is 5.75 Å². The van der Waals surface area contributed by atoms with Crippen LogP contribution in [0.4, 0.5) is 17.6 Å². The van der Waals surface area contributed by atoms with Gasteiger partial charge in [0.15, 0.2) is 11.6 Å². The summed E-state index contributed by atoms with van der Waals surface area (Å²) in [6.07, 6.45) is 13.9. The fraction of sp³-hybridized carbons (Fsp3) is 0.630. The summed E-state index contributed by atoms with van der Waals surface area (Å²) in [5.74, 6) is 0.240. The average Bonchev–Trinajstić information content (AvgIpc) is 2.77. The molecule has 0 aliphatic heterocycles. The number of alkyl halides is 2. The Bertz CT molecular complexity index is 912. The third-order valence-electron chi connectivity index (χ3n) is 7.87. The van der Waals surface area contributed by atoms with E-state index >= 15 is 0 Å². The molecule has 2 aliphatic carbocycles. The normalized spacial score (nSPS) is 25.8. The number of ether oxygens (including phenoxy) is 1. The van der Waals surface area contributed by atoms with Gasteiger partial charge < -0.3 is 4.74 Å². The average molecular weight is 451 g/mol. The van der Waals surface area contributed by atoms with Crippen molar-refractivity contribution in [3.63, 3.8) is 0 Å². The Balaban J connectivity index is 1.43. The van der Waals surface area contributed by atoms with E-state index in [1.807, 2.05) is 6.07 Å². The van der Waals surface area contributed by atoms with Crippen LogP contribution in [0, 0.1) is 29.4 Å². The summed E-state index contributed by atoms with van der Waals surface area (Å²) in [6.45, 7) is -0.897. The van der Waals surface area contributed by atoms with E-state index in [2.05, 4.69) is 11.7 Å². The van der Waals surface area contributed by atoms with Crippen LogP contribution in [0.3, 0.4) is 0 Å². The van der Waals surface area contributed by atoms with Gasteiger partial charge >= 0.3 is 6.61 Å². The van der Waals surface area contributed by atoms with Gasteiger partial charge in [0.1, 0.15) is 5.82 Å². The third kappa shape index (κ3) is 5.23. The Labute approximate surface area is 188 Å². The number of unbranched alkanes of at least 4 members (excludes halogenated alkanes) is 3. The number of benzene rings is 2. The highest BCUT2D eigenvalue weighted by atomic mass is 19.3. The quantitative estimate of drug-likeness (QED) is 0.288. The van der Waals surface area contributed by atoms with Crippen LogP contribution in [0.5, 0.6) is 5.75 Å². The summed E-state index contributed by atoms with van der Waals surface area (Å²) in [7, 11) is 0. The molecule has 0 amide bonds. The number of hydrogen-bond donors (Lipinski definition) is 0. The minimum Gasteiger partial charge on any atom is -0.432 e. The van der Waals surface area contributed by atoms with Gasteiger partial charge in [0.05, 0.1) is 5.39 Å². The summed E-state index contributed by atoms with van der Waals surface area (Å²) < 4.78 is 58.5. The van der Waals surface area contributed by atoms with E-state index in [0.29, 0.717) is 11.3 Å². The lowest BCUT2D eigenvalue weighted by molar-refractivity contribution is -0.0520. The van der Waals surface area contributed by atoms with Gasteiger partial charge in [-0.15, -0.1) is 0 Å². The van der Waals surface area contributed by atoms with Crippen LogP contribution in [-0.4, -0.2) is 6.61 Å². The molecule has 0 radical (unpaired) electrons. The van der Waals surface area contributed by atoms with Gasteiger partial charge in [-0.2, -0.15) is 8.78 Å². The van der Waals surface area contributed by atoms with Crippen molar-refractivity contribution in [2.75, 3.05) is 0 Å². The second-order valence-corrected chi connectivity index (χ2v) is 9.92. The second-order valence-electron chi connectivity index (χ2n) is 9.92. The molecule has 1 nitrogen and oxygen atoms in total. The molecule has 0 spiro atoms. The summed E-state index contributed by atoms with van der Waals surface area (Å²) in [5.41, 5.74) is 0.900. The van der Waals surface area contributed by atoms with Gasteiger partial charge in [-0.05, 0) is 78.9 Å². The molecule has 0 saturated heterocycles. The predicted molar refractivity (Wildman–Crippen MR) is 120 cm³/mol. The van der Waals surface area contributed by atoms with Gasteiger partial charge in [-0.25, -0.2) is 8.78 Å². The van der Waals surface area contributed by atoms with Crippen molar-refractivity contribution in [2.24, 2.45) is 17.8 Å². The lowest BCUT2D eigenvalue weighted by Gasteiger charge is -2.42.